The number of hydrogen-bond donors (Lipinski definition) is 1. The molecule has 0 radical (unpaired) electrons. The number of hydrazone groups is 1. The Hall–Kier alpha value is -3.00. The van der Waals surface area contributed by atoms with Gasteiger partial charge >= 0.3 is 6.29 Å². The van der Waals surface area contributed by atoms with Crippen LogP contribution in [0.3, 0.4) is 0 Å². The number of nitrogens with zero attached hydrogens (tertiary/aromatic N) is 2. The molecular formula is C17H11F2N3O2S. The van der Waals surface area contributed by atoms with E-state index in [1.807, 2.05) is 35.7 Å². The first-order valence-corrected chi connectivity index (χ1v) is 8.17. The van der Waals surface area contributed by atoms with Crippen LogP contribution in [-0.4, -0.2) is 17.5 Å². The molecule has 1 N–H and O–H groups in total. The molecule has 2 heterocycles. The molecule has 0 saturated heterocycles. The first-order chi connectivity index (χ1) is 12.1. The van der Waals surface area contributed by atoms with Gasteiger partial charge in [-0.3, -0.25) is 5.43 Å². The zero-order valence-corrected chi connectivity index (χ0v) is 13.5. The first kappa shape index (κ1) is 15.5. The Kier molecular flexibility index (Phi) is 3.81. The second-order valence-electron chi connectivity index (χ2n) is 5.15. The number of aromatic nitrogens is 1. The van der Waals surface area contributed by atoms with Gasteiger partial charge in [0.15, 0.2) is 11.5 Å². The lowest BCUT2D eigenvalue weighted by atomic mass is 10.2. The topological polar surface area (TPSA) is 55.7 Å². The Morgan fingerprint density at radius 2 is 1.88 bits per heavy atom. The van der Waals surface area contributed by atoms with Gasteiger partial charge in [-0.1, -0.05) is 30.3 Å². The van der Waals surface area contributed by atoms with E-state index < -0.39 is 6.29 Å². The number of alkyl halides is 2. The van der Waals surface area contributed by atoms with E-state index in [1.54, 1.807) is 6.07 Å². The molecule has 2 aromatic carbocycles. The van der Waals surface area contributed by atoms with Gasteiger partial charge in [-0.2, -0.15) is 5.10 Å². The summed E-state index contributed by atoms with van der Waals surface area (Å²) in [5.74, 6) is -0.0166. The van der Waals surface area contributed by atoms with E-state index in [9.17, 15) is 8.78 Å². The molecule has 126 valence electrons. The van der Waals surface area contributed by atoms with Gasteiger partial charge in [0, 0.05) is 10.9 Å². The molecule has 1 aliphatic heterocycles. The molecule has 0 aliphatic carbocycles. The summed E-state index contributed by atoms with van der Waals surface area (Å²) in [7, 11) is 0. The normalized spacial score (nSPS) is 14.8. The van der Waals surface area contributed by atoms with Crippen LogP contribution < -0.4 is 14.9 Å². The fourth-order valence-electron chi connectivity index (χ4n) is 2.27. The van der Waals surface area contributed by atoms with Gasteiger partial charge in [0.2, 0.25) is 5.13 Å². The highest BCUT2D eigenvalue weighted by atomic mass is 32.1. The molecule has 1 aliphatic rings. The van der Waals surface area contributed by atoms with Crippen molar-refractivity contribution in [3.63, 3.8) is 0 Å². The second kappa shape index (κ2) is 6.14. The minimum atomic E-state index is -3.62. The Morgan fingerprint density at radius 3 is 2.72 bits per heavy atom. The van der Waals surface area contributed by atoms with Crippen molar-refractivity contribution in [3.8, 4) is 22.8 Å². The fourth-order valence-corrected chi connectivity index (χ4v) is 2.94. The monoisotopic (exact) mass is 359 g/mol. The standard InChI is InChI=1S/C17H11F2N3O2S/c18-17(19)23-14-7-6-11(8-15(14)24-17)9-20-22-16-21-13(10-25-16)12-4-2-1-3-5-12/h1-10H,(H,21,22). The van der Waals surface area contributed by atoms with E-state index in [0.717, 1.165) is 11.3 Å². The molecular weight excluding hydrogens is 348 g/mol. The maximum atomic E-state index is 13.0. The molecule has 25 heavy (non-hydrogen) atoms. The number of hydrogen-bond acceptors (Lipinski definition) is 6. The smallest absolute Gasteiger partial charge is 0.395 e. The quantitative estimate of drug-likeness (QED) is 0.547. The molecule has 0 bridgehead atoms. The molecule has 1 aromatic heterocycles. The number of nitrogens with one attached hydrogen (secondary N) is 1. The molecule has 4 rings (SSSR count). The summed E-state index contributed by atoms with van der Waals surface area (Å²) < 4.78 is 34.7. The minimum absolute atomic E-state index is 0.00235. The lowest BCUT2D eigenvalue weighted by molar-refractivity contribution is -0.286. The van der Waals surface area contributed by atoms with E-state index in [-0.39, 0.29) is 11.5 Å². The van der Waals surface area contributed by atoms with Crippen LogP contribution >= 0.6 is 11.3 Å². The van der Waals surface area contributed by atoms with E-state index >= 15 is 0 Å². The van der Waals surface area contributed by atoms with Crippen LogP contribution in [0, 0.1) is 0 Å². The lowest BCUT2D eigenvalue weighted by Gasteiger charge is -2.04. The number of anilines is 1. The molecule has 0 amide bonds. The molecule has 5 nitrogen and oxygen atoms in total. The summed E-state index contributed by atoms with van der Waals surface area (Å²) in [6, 6.07) is 14.2. The van der Waals surface area contributed by atoms with Crippen LogP contribution in [0.5, 0.6) is 11.5 Å². The van der Waals surface area contributed by atoms with Crippen molar-refractivity contribution in [2.75, 3.05) is 5.43 Å². The Morgan fingerprint density at radius 1 is 1.08 bits per heavy atom. The predicted molar refractivity (Wildman–Crippen MR) is 91.4 cm³/mol. The highest BCUT2D eigenvalue weighted by Gasteiger charge is 2.43. The molecule has 0 fully saturated rings. The third-order valence-electron chi connectivity index (χ3n) is 3.37. The summed E-state index contributed by atoms with van der Waals surface area (Å²) in [5.41, 5.74) is 5.29. The maximum Gasteiger partial charge on any atom is 0.586 e. The van der Waals surface area contributed by atoms with Crippen molar-refractivity contribution < 1.29 is 18.3 Å². The largest absolute Gasteiger partial charge is 0.586 e. The van der Waals surface area contributed by atoms with Crippen LogP contribution in [0.15, 0.2) is 59.0 Å². The number of halogens is 2. The molecule has 0 atom stereocenters. The third-order valence-corrected chi connectivity index (χ3v) is 4.12. The zero-order valence-electron chi connectivity index (χ0n) is 12.6. The second-order valence-corrected chi connectivity index (χ2v) is 6.01. The Labute approximate surface area is 145 Å². The average molecular weight is 359 g/mol. The zero-order chi connectivity index (χ0) is 17.3. The van der Waals surface area contributed by atoms with Crippen LogP contribution in [0.25, 0.3) is 11.3 Å². The molecule has 0 spiro atoms. The van der Waals surface area contributed by atoms with E-state index in [1.165, 1.54) is 29.7 Å². The van der Waals surface area contributed by atoms with Gasteiger partial charge in [0.1, 0.15) is 0 Å². The summed E-state index contributed by atoms with van der Waals surface area (Å²) >= 11 is 1.42. The van der Waals surface area contributed by atoms with E-state index in [0.29, 0.717) is 10.7 Å². The Bertz CT molecular complexity index is 929. The van der Waals surface area contributed by atoms with Crippen molar-refractivity contribution in [3.05, 3.63) is 59.5 Å². The van der Waals surface area contributed by atoms with Gasteiger partial charge in [0.25, 0.3) is 0 Å². The van der Waals surface area contributed by atoms with Gasteiger partial charge in [-0.15, -0.1) is 20.1 Å². The van der Waals surface area contributed by atoms with Crippen molar-refractivity contribution >= 4 is 22.7 Å². The van der Waals surface area contributed by atoms with Crippen molar-refractivity contribution in [2.24, 2.45) is 5.10 Å². The summed E-state index contributed by atoms with van der Waals surface area (Å²) in [6.07, 6.45) is -2.13. The van der Waals surface area contributed by atoms with Crippen LogP contribution in [0.1, 0.15) is 5.56 Å². The van der Waals surface area contributed by atoms with Gasteiger partial charge in [-0.05, 0) is 23.8 Å². The SMILES string of the molecule is FC1(F)Oc2ccc(C=NNc3nc(-c4ccccc4)cs3)cc2O1. The summed E-state index contributed by atoms with van der Waals surface area (Å²) in [6.45, 7) is 0. The van der Waals surface area contributed by atoms with Gasteiger partial charge < -0.3 is 9.47 Å². The Balaban J connectivity index is 1.43. The van der Waals surface area contributed by atoms with Gasteiger partial charge in [-0.25, -0.2) is 4.98 Å². The van der Waals surface area contributed by atoms with Crippen molar-refractivity contribution in [1.82, 2.24) is 4.98 Å². The van der Waals surface area contributed by atoms with Crippen LogP contribution in [0.4, 0.5) is 13.9 Å². The lowest BCUT2D eigenvalue weighted by Crippen LogP contribution is -2.25. The summed E-state index contributed by atoms with van der Waals surface area (Å²) in [5, 5.41) is 6.62. The number of ether oxygens (including phenoxy) is 2. The van der Waals surface area contributed by atoms with E-state index in [2.05, 4.69) is 25.0 Å². The third kappa shape index (κ3) is 3.43. The predicted octanol–water partition coefficient (Wildman–Crippen LogP) is 4.58. The van der Waals surface area contributed by atoms with Gasteiger partial charge in [0.05, 0.1) is 11.9 Å². The van der Waals surface area contributed by atoms with Crippen LogP contribution in [-0.2, 0) is 0 Å². The van der Waals surface area contributed by atoms with Crippen molar-refractivity contribution in [1.29, 1.82) is 0 Å². The first-order valence-electron chi connectivity index (χ1n) is 7.29. The van der Waals surface area contributed by atoms with Crippen LogP contribution in [0.2, 0.25) is 0 Å². The molecule has 0 saturated carbocycles. The average Bonchev–Trinajstić information content (AvgIpc) is 3.18. The number of thiazole rings is 1. The highest BCUT2D eigenvalue weighted by molar-refractivity contribution is 7.14. The minimum Gasteiger partial charge on any atom is -0.395 e. The summed E-state index contributed by atoms with van der Waals surface area (Å²) in [4.78, 5) is 4.44. The number of benzene rings is 2. The molecule has 3 aromatic rings. The van der Waals surface area contributed by atoms with Crippen molar-refractivity contribution in [2.45, 2.75) is 6.29 Å². The maximum absolute atomic E-state index is 13.0. The highest BCUT2D eigenvalue weighted by Crippen LogP contribution is 2.40. The van der Waals surface area contributed by atoms with E-state index in [4.69, 9.17) is 0 Å². The number of fused-ring (bicyclic) bond motifs is 1. The molecule has 0 unspecified atom stereocenters. The fraction of sp³-hybridized carbons (Fsp3) is 0.0588. The molecule has 8 heteroatoms. The number of rotatable bonds is 4.